The van der Waals surface area contributed by atoms with Crippen LogP contribution >= 0.6 is 0 Å². The molecule has 2 radical (unpaired) electrons. The molecule has 58 valence electrons. The van der Waals surface area contributed by atoms with Crippen molar-refractivity contribution in [2.45, 2.75) is 25.4 Å². The van der Waals surface area contributed by atoms with Crippen molar-refractivity contribution in [2.24, 2.45) is 0 Å². The Bertz CT molecular complexity index is 183. The van der Waals surface area contributed by atoms with Crippen LogP contribution in [0.15, 0.2) is 36.0 Å². The molecule has 0 N–H and O–H groups in total. The van der Waals surface area contributed by atoms with Gasteiger partial charge >= 0.3 is 0 Å². The molecule has 0 unspecified atom stereocenters. The van der Waals surface area contributed by atoms with Crippen LogP contribution in [0.1, 0.15) is 13.8 Å². The molecule has 0 saturated carbocycles. The summed E-state index contributed by atoms with van der Waals surface area (Å²) in [5.74, 6) is 0. The highest BCUT2D eigenvalue weighted by atomic mass is 28.2. The van der Waals surface area contributed by atoms with Crippen molar-refractivity contribution in [3.63, 3.8) is 0 Å². The first-order valence-electron chi connectivity index (χ1n) is 4.01. The summed E-state index contributed by atoms with van der Waals surface area (Å²) in [6.45, 7) is 4.32. The van der Waals surface area contributed by atoms with Gasteiger partial charge in [-0.1, -0.05) is 36.0 Å². The molecule has 0 aliphatic heterocycles. The van der Waals surface area contributed by atoms with E-state index in [1.54, 1.807) is 0 Å². The summed E-state index contributed by atoms with van der Waals surface area (Å²) in [4.78, 5) is 0. The third-order valence-corrected chi connectivity index (χ3v) is 2.91. The lowest BCUT2D eigenvalue weighted by Gasteiger charge is -1.99. The van der Waals surface area contributed by atoms with Crippen molar-refractivity contribution >= 4 is 9.52 Å². The number of hydrogen-bond acceptors (Lipinski definition) is 0. The van der Waals surface area contributed by atoms with Gasteiger partial charge in [-0.3, -0.25) is 0 Å². The van der Waals surface area contributed by atoms with Gasteiger partial charge in [-0.25, -0.2) is 0 Å². The minimum Gasteiger partial charge on any atom is -0.0889 e. The zero-order valence-corrected chi connectivity index (χ0v) is 8.17. The van der Waals surface area contributed by atoms with E-state index in [-0.39, 0.29) is 0 Å². The van der Waals surface area contributed by atoms with Crippen LogP contribution in [0.25, 0.3) is 0 Å². The molecule has 1 heteroatoms. The molecule has 1 aliphatic rings. The summed E-state index contributed by atoms with van der Waals surface area (Å²) in [6.07, 6.45) is 11.1. The fraction of sp³-hybridized carbons (Fsp3) is 0.400. The molecule has 0 fully saturated rings. The summed E-state index contributed by atoms with van der Waals surface area (Å²) >= 11 is 0. The average Bonchev–Trinajstić information content (AvgIpc) is 2.39. The molecular weight excluding hydrogens is 148 g/mol. The third-order valence-electron chi connectivity index (χ3n) is 1.61. The van der Waals surface area contributed by atoms with Crippen molar-refractivity contribution in [1.82, 2.24) is 0 Å². The van der Waals surface area contributed by atoms with Crippen LogP contribution in [-0.2, 0) is 0 Å². The molecule has 0 aromatic carbocycles. The smallest absolute Gasteiger partial charge is 0.0560 e. The van der Waals surface area contributed by atoms with E-state index in [0.717, 1.165) is 15.1 Å². The first kappa shape index (κ1) is 8.53. The second-order valence-corrected chi connectivity index (χ2v) is 4.47. The van der Waals surface area contributed by atoms with Gasteiger partial charge in [0.2, 0.25) is 0 Å². The van der Waals surface area contributed by atoms with Crippen LogP contribution < -0.4 is 0 Å². The highest BCUT2D eigenvalue weighted by molar-refractivity contribution is 6.40. The fourth-order valence-corrected chi connectivity index (χ4v) is 2.26. The monoisotopic (exact) mass is 162 g/mol. The van der Waals surface area contributed by atoms with E-state index >= 15 is 0 Å². The van der Waals surface area contributed by atoms with E-state index in [0.29, 0.717) is 0 Å². The van der Waals surface area contributed by atoms with E-state index in [1.165, 1.54) is 11.6 Å². The van der Waals surface area contributed by atoms with Gasteiger partial charge in [-0.05, 0) is 25.4 Å². The van der Waals surface area contributed by atoms with Crippen molar-refractivity contribution in [2.75, 3.05) is 0 Å². The molecule has 0 nitrogen and oxygen atoms in total. The van der Waals surface area contributed by atoms with Crippen LogP contribution in [0.2, 0.25) is 11.6 Å². The molecule has 0 amide bonds. The van der Waals surface area contributed by atoms with E-state index in [2.05, 4.69) is 44.2 Å². The SMILES string of the molecule is CC(C)=CC[Si]C1C=CC=C1. The molecule has 0 spiro atoms. The normalized spacial score (nSPS) is 15.8. The molecule has 0 aromatic rings. The zero-order chi connectivity index (χ0) is 8.10. The Kier molecular flexibility index (Phi) is 3.37. The Hall–Kier alpha value is -0.563. The van der Waals surface area contributed by atoms with Gasteiger partial charge in [-0.15, -0.1) is 0 Å². The lowest BCUT2D eigenvalue weighted by molar-refractivity contribution is 1.32. The highest BCUT2D eigenvalue weighted by Crippen LogP contribution is 2.15. The Labute approximate surface area is 71.5 Å². The molecule has 0 aromatic heterocycles. The van der Waals surface area contributed by atoms with Crippen molar-refractivity contribution in [3.8, 4) is 0 Å². The first-order valence-corrected chi connectivity index (χ1v) is 5.29. The molecule has 1 rings (SSSR count). The Morgan fingerprint density at radius 3 is 2.55 bits per heavy atom. The number of hydrogen-bond donors (Lipinski definition) is 0. The zero-order valence-electron chi connectivity index (χ0n) is 7.17. The van der Waals surface area contributed by atoms with E-state index in [9.17, 15) is 0 Å². The van der Waals surface area contributed by atoms with Gasteiger partial charge in [0.05, 0.1) is 9.52 Å². The maximum absolute atomic E-state index is 2.32. The van der Waals surface area contributed by atoms with Gasteiger partial charge in [0, 0.05) is 0 Å². The van der Waals surface area contributed by atoms with Crippen molar-refractivity contribution in [3.05, 3.63) is 36.0 Å². The van der Waals surface area contributed by atoms with Crippen molar-refractivity contribution < 1.29 is 0 Å². The van der Waals surface area contributed by atoms with Gasteiger partial charge in [0.15, 0.2) is 0 Å². The maximum Gasteiger partial charge on any atom is 0.0560 e. The molecular formula is C10H14Si. The number of allylic oxidation sites excluding steroid dienone is 6. The van der Waals surface area contributed by atoms with Gasteiger partial charge in [-0.2, -0.15) is 0 Å². The van der Waals surface area contributed by atoms with Gasteiger partial charge in [0.25, 0.3) is 0 Å². The second-order valence-electron chi connectivity index (χ2n) is 2.99. The van der Waals surface area contributed by atoms with Gasteiger partial charge in [0.1, 0.15) is 0 Å². The Balaban J connectivity index is 2.18. The Morgan fingerprint density at radius 1 is 1.36 bits per heavy atom. The summed E-state index contributed by atoms with van der Waals surface area (Å²) in [5.41, 5.74) is 2.16. The van der Waals surface area contributed by atoms with Gasteiger partial charge < -0.3 is 0 Å². The summed E-state index contributed by atoms with van der Waals surface area (Å²) in [5, 5.41) is 0. The molecule has 0 heterocycles. The summed E-state index contributed by atoms with van der Waals surface area (Å²) < 4.78 is 0. The maximum atomic E-state index is 2.32. The molecule has 0 bridgehead atoms. The first-order chi connectivity index (χ1) is 5.29. The largest absolute Gasteiger partial charge is 0.0889 e. The lowest BCUT2D eigenvalue weighted by atomic mass is 10.3. The van der Waals surface area contributed by atoms with Crippen LogP contribution in [0.4, 0.5) is 0 Å². The second kappa shape index (κ2) is 4.34. The topological polar surface area (TPSA) is 0 Å². The Morgan fingerprint density at radius 2 is 2.00 bits per heavy atom. The minimum atomic E-state index is 0.727. The van der Waals surface area contributed by atoms with E-state index < -0.39 is 0 Å². The van der Waals surface area contributed by atoms with Crippen LogP contribution in [0.3, 0.4) is 0 Å². The minimum absolute atomic E-state index is 0.727. The average molecular weight is 162 g/mol. The summed E-state index contributed by atoms with van der Waals surface area (Å²) in [6, 6.07) is 1.24. The molecule has 11 heavy (non-hydrogen) atoms. The lowest BCUT2D eigenvalue weighted by Crippen LogP contribution is -1.93. The van der Waals surface area contributed by atoms with Crippen molar-refractivity contribution in [1.29, 1.82) is 0 Å². The molecule has 0 saturated heterocycles. The third kappa shape index (κ3) is 3.37. The predicted octanol–water partition coefficient (Wildman–Crippen LogP) is 2.99. The quantitative estimate of drug-likeness (QED) is 0.442. The standard InChI is InChI=1S/C10H14Si/c1-9(2)7-8-11-10-5-3-4-6-10/h3-7,10H,8H2,1-2H3. The molecule has 1 aliphatic carbocycles. The van der Waals surface area contributed by atoms with E-state index in [4.69, 9.17) is 0 Å². The molecule has 0 atom stereocenters. The van der Waals surface area contributed by atoms with Crippen LogP contribution in [-0.4, -0.2) is 9.52 Å². The van der Waals surface area contributed by atoms with E-state index in [1.807, 2.05) is 0 Å². The fourth-order valence-electron chi connectivity index (χ4n) is 0.967. The highest BCUT2D eigenvalue weighted by Gasteiger charge is 2.01. The predicted molar refractivity (Wildman–Crippen MR) is 52.0 cm³/mol. The summed E-state index contributed by atoms with van der Waals surface area (Å²) in [7, 11) is 1.03. The number of rotatable bonds is 3. The van der Waals surface area contributed by atoms with Crippen LogP contribution in [0, 0.1) is 0 Å². The van der Waals surface area contributed by atoms with Crippen LogP contribution in [0.5, 0.6) is 0 Å².